The number of hydrogen-bond donors (Lipinski definition) is 1. The molecule has 1 aromatic heterocycles. The SMILES string of the molecule is N#Cc1ccc(CN2CCC(N3CCN(c4ncc(C(=O)NCc5ccc(Cl)cc5)cc4Cl)CC3)CC2)cc1. The average molecular weight is 564 g/mol. The van der Waals surface area contributed by atoms with Crippen LogP contribution >= 0.6 is 23.2 Å². The second kappa shape index (κ2) is 12.8. The lowest BCUT2D eigenvalue weighted by Crippen LogP contribution is -2.53. The number of likely N-dealkylation sites (tertiary alicyclic amines) is 1. The third-order valence-corrected chi connectivity index (χ3v) is 8.16. The molecule has 0 atom stereocenters. The van der Waals surface area contributed by atoms with Crippen molar-refractivity contribution in [2.45, 2.75) is 32.0 Å². The lowest BCUT2D eigenvalue weighted by Gasteiger charge is -2.43. The number of piperazine rings is 1. The van der Waals surface area contributed by atoms with Crippen LogP contribution in [0.25, 0.3) is 0 Å². The van der Waals surface area contributed by atoms with Crippen molar-refractivity contribution < 1.29 is 4.79 Å². The fourth-order valence-electron chi connectivity index (χ4n) is 5.36. The summed E-state index contributed by atoms with van der Waals surface area (Å²) in [5.74, 6) is 0.532. The number of halogens is 2. The Morgan fingerprint density at radius 1 is 0.949 bits per heavy atom. The van der Waals surface area contributed by atoms with Gasteiger partial charge in [-0.3, -0.25) is 14.6 Å². The maximum Gasteiger partial charge on any atom is 0.253 e. The molecule has 0 unspecified atom stereocenters. The van der Waals surface area contributed by atoms with E-state index in [0.29, 0.717) is 33.8 Å². The number of anilines is 1. The second-order valence-electron chi connectivity index (χ2n) is 10.2. The van der Waals surface area contributed by atoms with Gasteiger partial charge in [-0.2, -0.15) is 5.26 Å². The Balaban J connectivity index is 1.08. The summed E-state index contributed by atoms with van der Waals surface area (Å²) in [6, 6.07) is 19.8. The Bertz CT molecular complexity index is 1310. The quantitative estimate of drug-likeness (QED) is 0.437. The van der Waals surface area contributed by atoms with E-state index < -0.39 is 0 Å². The van der Waals surface area contributed by atoms with E-state index in [1.807, 2.05) is 24.3 Å². The summed E-state index contributed by atoms with van der Waals surface area (Å²) in [5, 5.41) is 13.1. The minimum atomic E-state index is -0.207. The predicted octanol–water partition coefficient (Wildman–Crippen LogP) is 4.98. The summed E-state index contributed by atoms with van der Waals surface area (Å²) in [7, 11) is 0. The molecule has 7 nitrogen and oxygen atoms in total. The normalized spacial score (nSPS) is 17.1. The van der Waals surface area contributed by atoms with Crippen molar-refractivity contribution >= 4 is 34.9 Å². The van der Waals surface area contributed by atoms with Gasteiger partial charge >= 0.3 is 0 Å². The Hall–Kier alpha value is -3.15. The molecule has 1 amide bonds. The van der Waals surface area contributed by atoms with E-state index in [1.54, 1.807) is 24.4 Å². The van der Waals surface area contributed by atoms with Gasteiger partial charge in [0.2, 0.25) is 0 Å². The van der Waals surface area contributed by atoms with Gasteiger partial charge in [-0.15, -0.1) is 0 Å². The van der Waals surface area contributed by atoms with Crippen LogP contribution in [-0.2, 0) is 13.1 Å². The standard InChI is InChI=1S/C30H32Cl2N6O/c31-26-7-5-23(6-8-26)19-35-30(39)25-17-28(32)29(34-20-25)38-15-13-37(14-16-38)27-9-11-36(12-10-27)21-24-3-1-22(18-33)2-4-24/h1-8,17,20,27H,9-16,19,21H2,(H,35,39). The van der Waals surface area contributed by atoms with Crippen LogP contribution < -0.4 is 10.2 Å². The summed E-state index contributed by atoms with van der Waals surface area (Å²) in [6.45, 7) is 7.18. The molecule has 0 saturated carbocycles. The highest BCUT2D eigenvalue weighted by molar-refractivity contribution is 6.33. The minimum absolute atomic E-state index is 0.207. The van der Waals surface area contributed by atoms with Crippen molar-refractivity contribution in [1.82, 2.24) is 20.1 Å². The van der Waals surface area contributed by atoms with E-state index in [4.69, 9.17) is 28.5 Å². The topological polar surface area (TPSA) is 75.5 Å². The number of carbonyl (C=O) groups excluding carboxylic acids is 1. The number of aromatic nitrogens is 1. The summed E-state index contributed by atoms with van der Waals surface area (Å²) in [4.78, 5) is 24.5. The molecule has 9 heteroatoms. The van der Waals surface area contributed by atoms with Gasteiger partial charge in [0.1, 0.15) is 5.82 Å². The maximum atomic E-state index is 12.6. The predicted molar refractivity (Wildman–Crippen MR) is 155 cm³/mol. The van der Waals surface area contributed by atoms with Crippen LogP contribution in [-0.4, -0.2) is 66.0 Å². The van der Waals surface area contributed by atoms with Gasteiger partial charge in [-0.25, -0.2) is 4.98 Å². The lowest BCUT2D eigenvalue weighted by molar-refractivity contribution is 0.0950. The van der Waals surface area contributed by atoms with E-state index in [-0.39, 0.29) is 5.91 Å². The Morgan fingerprint density at radius 3 is 2.26 bits per heavy atom. The van der Waals surface area contributed by atoms with Crippen molar-refractivity contribution in [3.8, 4) is 6.07 Å². The number of rotatable bonds is 7. The number of nitrogens with one attached hydrogen (secondary N) is 1. The zero-order chi connectivity index (χ0) is 27.2. The van der Waals surface area contributed by atoms with E-state index in [0.717, 1.165) is 70.0 Å². The third-order valence-electron chi connectivity index (χ3n) is 7.63. The van der Waals surface area contributed by atoms with Crippen molar-refractivity contribution in [3.05, 3.63) is 93.1 Å². The van der Waals surface area contributed by atoms with Crippen LogP contribution in [0, 0.1) is 11.3 Å². The molecule has 202 valence electrons. The highest BCUT2D eigenvalue weighted by Gasteiger charge is 2.28. The fraction of sp³-hybridized carbons (Fsp3) is 0.367. The highest BCUT2D eigenvalue weighted by Crippen LogP contribution is 2.27. The van der Waals surface area contributed by atoms with Crippen molar-refractivity contribution in [2.24, 2.45) is 0 Å². The molecule has 2 aliphatic rings. The Kier molecular flexibility index (Phi) is 9.00. The maximum absolute atomic E-state index is 12.6. The number of nitrogens with zero attached hydrogens (tertiary/aromatic N) is 5. The molecule has 2 aliphatic heterocycles. The number of nitriles is 1. The number of carbonyl (C=O) groups is 1. The molecule has 3 aromatic rings. The zero-order valence-corrected chi connectivity index (χ0v) is 23.3. The Morgan fingerprint density at radius 2 is 1.62 bits per heavy atom. The molecule has 2 fully saturated rings. The lowest BCUT2D eigenvalue weighted by atomic mass is 10.0. The van der Waals surface area contributed by atoms with E-state index in [2.05, 4.69) is 43.2 Å². The van der Waals surface area contributed by atoms with Crippen LogP contribution in [0.15, 0.2) is 60.8 Å². The average Bonchev–Trinajstić information content (AvgIpc) is 2.97. The van der Waals surface area contributed by atoms with Gasteiger partial charge in [0.15, 0.2) is 0 Å². The van der Waals surface area contributed by atoms with Crippen LogP contribution in [0.5, 0.6) is 0 Å². The molecular weight excluding hydrogens is 531 g/mol. The number of piperidine rings is 1. The molecule has 5 rings (SSSR count). The zero-order valence-electron chi connectivity index (χ0n) is 21.8. The molecule has 1 N–H and O–H groups in total. The highest BCUT2D eigenvalue weighted by atomic mass is 35.5. The van der Waals surface area contributed by atoms with E-state index in [1.165, 1.54) is 5.56 Å². The number of amides is 1. The summed E-state index contributed by atoms with van der Waals surface area (Å²) >= 11 is 12.5. The summed E-state index contributed by atoms with van der Waals surface area (Å²) in [6.07, 6.45) is 3.93. The number of pyridine rings is 1. The van der Waals surface area contributed by atoms with Crippen LogP contribution in [0.1, 0.15) is 39.9 Å². The monoisotopic (exact) mass is 562 g/mol. The van der Waals surface area contributed by atoms with Gasteiger partial charge in [-0.05, 0) is 67.4 Å². The van der Waals surface area contributed by atoms with E-state index >= 15 is 0 Å². The molecule has 0 aliphatic carbocycles. The largest absolute Gasteiger partial charge is 0.353 e. The van der Waals surface area contributed by atoms with Crippen molar-refractivity contribution in [2.75, 3.05) is 44.2 Å². The first-order valence-electron chi connectivity index (χ1n) is 13.4. The van der Waals surface area contributed by atoms with Gasteiger partial charge in [0.25, 0.3) is 5.91 Å². The molecule has 2 saturated heterocycles. The fourth-order valence-corrected chi connectivity index (χ4v) is 5.77. The first-order chi connectivity index (χ1) is 19.0. The molecule has 0 bridgehead atoms. The van der Waals surface area contributed by atoms with Crippen LogP contribution in [0.3, 0.4) is 0 Å². The van der Waals surface area contributed by atoms with Crippen LogP contribution in [0.4, 0.5) is 5.82 Å². The van der Waals surface area contributed by atoms with Crippen molar-refractivity contribution in [3.63, 3.8) is 0 Å². The molecule has 3 heterocycles. The molecule has 0 radical (unpaired) electrons. The van der Waals surface area contributed by atoms with Gasteiger partial charge in [0.05, 0.1) is 22.2 Å². The molecule has 0 spiro atoms. The molecule has 39 heavy (non-hydrogen) atoms. The summed E-state index contributed by atoms with van der Waals surface area (Å²) < 4.78 is 0. The molecular formula is C30H32Cl2N6O. The third kappa shape index (κ3) is 7.09. The first-order valence-corrected chi connectivity index (χ1v) is 14.1. The number of benzene rings is 2. The number of hydrogen-bond acceptors (Lipinski definition) is 6. The Labute approximate surface area is 239 Å². The van der Waals surface area contributed by atoms with Gasteiger partial charge < -0.3 is 10.2 Å². The smallest absolute Gasteiger partial charge is 0.253 e. The van der Waals surface area contributed by atoms with E-state index in [9.17, 15) is 4.79 Å². The first kappa shape index (κ1) is 27.4. The van der Waals surface area contributed by atoms with Crippen LogP contribution in [0.2, 0.25) is 10.0 Å². The van der Waals surface area contributed by atoms with Crippen molar-refractivity contribution in [1.29, 1.82) is 5.26 Å². The summed E-state index contributed by atoms with van der Waals surface area (Å²) in [5.41, 5.74) is 3.39. The second-order valence-corrected chi connectivity index (χ2v) is 11.0. The molecule has 2 aromatic carbocycles. The van der Waals surface area contributed by atoms with Gasteiger partial charge in [0, 0.05) is 56.5 Å². The van der Waals surface area contributed by atoms with Gasteiger partial charge in [-0.1, -0.05) is 47.5 Å². The minimum Gasteiger partial charge on any atom is -0.353 e.